The van der Waals surface area contributed by atoms with Crippen molar-refractivity contribution in [2.24, 2.45) is 0 Å². The second kappa shape index (κ2) is 9.46. The highest BCUT2D eigenvalue weighted by atomic mass is 24.3. The van der Waals surface area contributed by atoms with Crippen molar-refractivity contribution in [3.63, 3.8) is 0 Å². The molecule has 0 saturated carbocycles. The predicted octanol–water partition coefficient (Wildman–Crippen LogP) is -0.980. The second-order valence-corrected chi connectivity index (χ2v) is 0.964. The highest BCUT2D eigenvalue weighted by molar-refractivity contribution is 5.75. The Kier molecular flexibility index (Phi) is 21.2. The lowest BCUT2D eigenvalue weighted by molar-refractivity contribution is -0.104. The van der Waals surface area contributed by atoms with Crippen LogP contribution in [0.1, 0.15) is 6.92 Å². The van der Waals surface area contributed by atoms with Gasteiger partial charge in [0.25, 0.3) is 0 Å². The van der Waals surface area contributed by atoms with Crippen molar-refractivity contribution < 1.29 is 10.3 Å². The standard InChI is InChI=1S/C4H6O.Mg.H2O.2H/c1-4(2)3-5;;;;/h3H,1H2,2H3;;1H2;;. The summed E-state index contributed by atoms with van der Waals surface area (Å²) in [6, 6.07) is 0. The van der Waals surface area contributed by atoms with E-state index < -0.39 is 0 Å². The van der Waals surface area contributed by atoms with Crippen LogP contribution < -0.4 is 0 Å². The van der Waals surface area contributed by atoms with E-state index in [1.54, 1.807) is 6.92 Å². The lowest BCUT2D eigenvalue weighted by Crippen LogP contribution is -1.65. The molecule has 0 radical (unpaired) electrons. The molecule has 0 atom stereocenters. The van der Waals surface area contributed by atoms with Gasteiger partial charge in [-0.3, -0.25) is 4.79 Å². The average molecular weight is 114 g/mol. The Morgan fingerprint density at radius 1 is 1.71 bits per heavy atom. The zero-order chi connectivity index (χ0) is 4.28. The zero-order valence-corrected chi connectivity index (χ0v) is 3.69. The fourth-order valence-electron chi connectivity index (χ4n) is 0. The van der Waals surface area contributed by atoms with Crippen LogP contribution in [0.5, 0.6) is 0 Å². The number of hydrogen-bond donors (Lipinski definition) is 0. The summed E-state index contributed by atoms with van der Waals surface area (Å²) in [4.78, 5) is 9.41. The average Bonchev–Trinajstić information content (AvgIpc) is 1.38. The minimum atomic E-state index is 0. The normalized spacial score (nSPS) is 4.71. The molecule has 0 bridgehead atoms. The first-order chi connectivity index (χ1) is 2.27. The lowest BCUT2D eigenvalue weighted by atomic mass is 10.4. The van der Waals surface area contributed by atoms with E-state index in [1.807, 2.05) is 0 Å². The van der Waals surface area contributed by atoms with Crippen LogP contribution in [0.4, 0.5) is 0 Å². The Morgan fingerprint density at radius 2 is 1.86 bits per heavy atom. The van der Waals surface area contributed by atoms with Crippen LogP contribution in [0.25, 0.3) is 0 Å². The van der Waals surface area contributed by atoms with Gasteiger partial charge in [-0.05, 0) is 12.5 Å². The van der Waals surface area contributed by atoms with Gasteiger partial charge >= 0.3 is 23.1 Å². The summed E-state index contributed by atoms with van der Waals surface area (Å²) in [6.07, 6.45) is 0.722. The summed E-state index contributed by atoms with van der Waals surface area (Å²) in [5.41, 5.74) is 0.574. The van der Waals surface area contributed by atoms with Gasteiger partial charge in [-0.2, -0.15) is 0 Å². The molecular weight excluding hydrogens is 104 g/mol. The summed E-state index contributed by atoms with van der Waals surface area (Å²) in [7, 11) is 0. The Morgan fingerprint density at radius 3 is 1.86 bits per heavy atom. The highest BCUT2D eigenvalue weighted by Crippen LogP contribution is 1.70. The van der Waals surface area contributed by atoms with Gasteiger partial charge in [-0.25, -0.2) is 0 Å². The van der Waals surface area contributed by atoms with Crippen LogP contribution in [0.2, 0.25) is 0 Å². The lowest BCUT2D eigenvalue weighted by Gasteiger charge is -1.65. The fourth-order valence-corrected chi connectivity index (χ4v) is 0. The van der Waals surface area contributed by atoms with Crippen LogP contribution in [0.3, 0.4) is 0 Å². The van der Waals surface area contributed by atoms with Crippen LogP contribution in [-0.2, 0) is 4.79 Å². The smallest absolute Gasteiger partial charge is 0.316 e. The molecule has 0 heterocycles. The van der Waals surface area contributed by atoms with Crippen molar-refractivity contribution >= 4 is 29.3 Å². The summed E-state index contributed by atoms with van der Waals surface area (Å²) in [5, 5.41) is 0. The molecule has 0 aliphatic heterocycles. The fraction of sp³-hybridized carbons (Fsp3) is 0.250. The molecule has 0 unspecified atom stereocenters. The Labute approximate surface area is 59.1 Å². The number of rotatable bonds is 1. The molecule has 0 aromatic rings. The first kappa shape index (κ1) is 15.7. The predicted molar refractivity (Wildman–Crippen MR) is 33.0 cm³/mol. The van der Waals surface area contributed by atoms with Crippen molar-refractivity contribution in [1.82, 2.24) is 0 Å². The molecule has 0 aromatic heterocycles. The second-order valence-electron chi connectivity index (χ2n) is 0.964. The monoisotopic (exact) mass is 114 g/mol. The molecule has 40 valence electrons. The van der Waals surface area contributed by atoms with Gasteiger partial charge in [-0.15, -0.1) is 0 Å². The third kappa shape index (κ3) is 23.0. The maximum Gasteiger partial charge on any atom is 0.316 e. The van der Waals surface area contributed by atoms with Gasteiger partial charge in [0.05, 0.1) is 0 Å². The Balaban J connectivity index is -0.0000000800. The number of carbonyl (C=O) groups is 1. The maximum atomic E-state index is 9.41. The third-order valence-electron chi connectivity index (χ3n) is 0.201. The van der Waals surface area contributed by atoms with E-state index in [1.165, 1.54) is 0 Å². The number of hydrogen-bond acceptors (Lipinski definition) is 1. The first-order valence-electron chi connectivity index (χ1n) is 1.38. The van der Waals surface area contributed by atoms with Crippen LogP contribution >= 0.6 is 0 Å². The molecule has 2 N–H and O–H groups in total. The van der Waals surface area contributed by atoms with Gasteiger partial charge in [0, 0.05) is 0 Å². The number of aldehydes is 1. The van der Waals surface area contributed by atoms with Gasteiger partial charge < -0.3 is 5.48 Å². The molecule has 0 aliphatic carbocycles. The van der Waals surface area contributed by atoms with Crippen LogP contribution in [-0.4, -0.2) is 34.8 Å². The number of carbonyl (C=O) groups excluding carboxylic acids is 1. The molecule has 7 heavy (non-hydrogen) atoms. The van der Waals surface area contributed by atoms with Crippen molar-refractivity contribution in [3.05, 3.63) is 12.2 Å². The summed E-state index contributed by atoms with van der Waals surface area (Å²) in [5.74, 6) is 0. The molecule has 0 saturated heterocycles. The minimum absolute atomic E-state index is 0. The molecule has 3 heteroatoms. The van der Waals surface area contributed by atoms with Gasteiger partial charge in [0.15, 0.2) is 0 Å². The van der Waals surface area contributed by atoms with Gasteiger partial charge in [0.2, 0.25) is 0 Å². The van der Waals surface area contributed by atoms with Gasteiger partial charge in [0.1, 0.15) is 6.29 Å². The molecule has 2 nitrogen and oxygen atoms in total. The van der Waals surface area contributed by atoms with Crippen molar-refractivity contribution in [1.29, 1.82) is 0 Å². The Hall–Kier alpha value is 0.136. The topological polar surface area (TPSA) is 48.6 Å². The first-order valence-corrected chi connectivity index (χ1v) is 1.38. The molecule has 0 amide bonds. The van der Waals surface area contributed by atoms with E-state index in [2.05, 4.69) is 6.58 Å². The van der Waals surface area contributed by atoms with E-state index >= 15 is 0 Å². The van der Waals surface area contributed by atoms with E-state index in [-0.39, 0.29) is 28.5 Å². The largest absolute Gasteiger partial charge is 0.412 e. The molecule has 0 rings (SSSR count). The zero-order valence-electron chi connectivity index (χ0n) is 3.69. The molecule has 0 spiro atoms. The summed E-state index contributed by atoms with van der Waals surface area (Å²) >= 11 is 0. The Bertz CT molecular complexity index is 60.7. The maximum absolute atomic E-state index is 9.41. The van der Waals surface area contributed by atoms with Gasteiger partial charge in [-0.1, -0.05) is 6.58 Å². The minimum Gasteiger partial charge on any atom is -0.412 e. The molecule has 0 fully saturated rings. The van der Waals surface area contributed by atoms with E-state index in [0.717, 1.165) is 6.29 Å². The third-order valence-corrected chi connectivity index (χ3v) is 0.201. The summed E-state index contributed by atoms with van der Waals surface area (Å²) < 4.78 is 0. The molecule has 0 aromatic carbocycles. The number of allylic oxidation sites excluding steroid dienone is 1. The molecule has 0 aliphatic rings. The quantitative estimate of drug-likeness (QED) is 0.246. The highest BCUT2D eigenvalue weighted by Gasteiger charge is 1.66. The van der Waals surface area contributed by atoms with E-state index in [9.17, 15) is 4.79 Å². The molecular formula is C4H10MgO2. The van der Waals surface area contributed by atoms with Crippen LogP contribution in [0, 0.1) is 0 Å². The van der Waals surface area contributed by atoms with Crippen molar-refractivity contribution in [3.8, 4) is 0 Å². The van der Waals surface area contributed by atoms with E-state index in [4.69, 9.17) is 0 Å². The van der Waals surface area contributed by atoms with Crippen molar-refractivity contribution in [2.75, 3.05) is 0 Å². The van der Waals surface area contributed by atoms with Crippen LogP contribution in [0.15, 0.2) is 12.2 Å². The van der Waals surface area contributed by atoms with Crippen molar-refractivity contribution in [2.45, 2.75) is 6.92 Å². The SMILES string of the molecule is C=C(C)C=O.O.[MgH2]. The van der Waals surface area contributed by atoms with E-state index in [0.29, 0.717) is 5.57 Å². The summed E-state index contributed by atoms with van der Waals surface area (Å²) in [6.45, 7) is 4.97.